The van der Waals surface area contributed by atoms with Gasteiger partial charge in [-0.15, -0.1) is 0 Å². The van der Waals surface area contributed by atoms with Crippen molar-refractivity contribution in [3.8, 4) is 11.5 Å². The maximum absolute atomic E-state index is 13.1. The number of ether oxygens (including phenoxy) is 2. The van der Waals surface area contributed by atoms with Gasteiger partial charge in [0.15, 0.2) is 5.16 Å². The van der Waals surface area contributed by atoms with Gasteiger partial charge in [0.25, 0.3) is 0 Å². The van der Waals surface area contributed by atoms with Gasteiger partial charge in [-0.3, -0.25) is 4.21 Å². The van der Waals surface area contributed by atoms with Gasteiger partial charge in [-0.1, -0.05) is 6.07 Å². The van der Waals surface area contributed by atoms with Crippen molar-refractivity contribution < 1.29 is 31.2 Å². The molecule has 0 radical (unpaired) electrons. The van der Waals surface area contributed by atoms with Crippen LogP contribution in [-0.4, -0.2) is 47.9 Å². The third kappa shape index (κ3) is 4.66. The summed E-state index contributed by atoms with van der Waals surface area (Å²) >= 11 is 0. The second-order valence-corrected chi connectivity index (χ2v) is 7.93. The quantitative estimate of drug-likeness (QED) is 0.527. The first-order chi connectivity index (χ1) is 14.1. The smallest absolute Gasteiger partial charge is 0.461 e. The van der Waals surface area contributed by atoms with Crippen LogP contribution in [0.15, 0.2) is 41.6 Å². The van der Waals surface area contributed by atoms with Gasteiger partial charge in [-0.2, -0.15) is 17.6 Å². The van der Waals surface area contributed by atoms with E-state index in [4.69, 9.17) is 4.74 Å². The lowest BCUT2D eigenvalue weighted by molar-refractivity contribution is -0.253. The monoisotopic (exact) mass is 445 g/mol. The summed E-state index contributed by atoms with van der Waals surface area (Å²) in [6.45, 7) is 0. The van der Waals surface area contributed by atoms with E-state index in [-0.39, 0.29) is 16.4 Å². The molecule has 0 fully saturated rings. The van der Waals surface area contributed by atoms with E-state index >= 15 is 0 Å². The molecule has 1 heterocycles. The van der Waals surface area contributed by atoms with Gasteiger partial charge in [-0.25, -0.2) is 4.98 Å². The lowest BCUT2D eigenvalue weighted by Crippen LogP contribution is -2.33. The highest BCUT2D eigenvalue weighted by molar-refractivity contribution is 7.84. The molecule has 1 aromatic heterocycles. The number of nitrogens with zero attached hydrogens (tertiary/aromatic N) is 2. The number of benzene rings is 2. The molecule has 0 spiro atoms. The van der Waals surface area contributed by atoms with Gasteiger partial charge in [0, 0.05) is 31.9 Å². The van der Waals surface area contributed by atoms with Crippen molar-refractivity contribution in [1.82, 2.24) is 9.97 Å². The fourth-order valence-electron chi connectivity index (χ4n) is 2.76. The molecule has 3 rings (SSSR count). The zero-order chi connectivity index (χ0) is 22.1. The van der Waals surface area contributed by atoms with Crippen LogP contribution in [0.4, 0.5) is 23.2 Å². The standard InChI is InChI=1S/C19H19F4N3O3S/c1-26(2)16-9-12(28-3)5-4-11(16)10-30(27)18-24-14-7-6-13(8-15(14)25-18)29-19(22,23)17(20)21/h4-9,17H,10H2,1-3H3,(H,24,25). The third-order valence-electron chi connectivity index (χ3n) is 4.22. The first-order valence-corrected chi connectivity index (χ1v) is 10.00. The Morgan fingerprint density at radius 2 is 1.87 bits per heavy atom. The van der Waals surface area contributed by atoms with E-state index in [9.17, 15) is 21.8 Å². The second-order valence-electron chi connectivity index (χ2n) is 6.56. The Kier molecular flexibility index (Phi) is 6.20. The number of halogens is 4. The van der Waals surface area contributed by atoms with Crippen molar-refractivity contribution in [3.05, 3.63) is 42.0 Å². The minimum Gasteiger partial charge on any atom is -0.497 e. The Hall–Kier alpha value is -2.82. The number of aromatic nitrogens is 2. The number of fused-ring (bicyclic) bond motifs is 1. The Labute approximate surface area is 172 Å². The number of hydrogen-bond acceptors (Lipinski definition) is 5. The number of aromatic amines is 1. The van der Waals surface area contributed by atoms with E-state index in [1.165, 1.54) is 6.07 Å². The van der Waals surface area contributed by atoms with E-state index < -0.39 is 29.1 Å². The van der Waals surface area contributed by atoms with Gasteiger partial charge in [0.1, 0.15) is 11.5 Å². The predicted octanol–water partition coefficient (Wildman–Crippen LogP) is 4.18. The Bertz CT molecular complexity index is 1070. The third-order valence-corrected chi connectivity index (χ3v) is 5.41. The van der Waals surface area contributed by atoms with Crippen molar-refractivity contribution >= 4 is 27.5 Å². The average Bonchev–Trinajstić information content (AvgIpc) is 3.11. The minimum atomic E-state index is -4.61. The van der Waals surface area contributed by atoms with Crippen molar-refractivity contribution in [2.45, 2.75) is 23.4 Å². The molecule has 0 saturated heterocycles. The predicted molar refractivity (Wildman–Crippen MR) is 105 cm³/mol. The van der Waals surface area contributed by atoms with Crippen molar-refractivity contribution in [3.63, 3.8) is 0 Å². The average molecular weight is 445 g/mol. The number of alkyl halides is 4. The zero-order valence-corrected chi connectivity index (χ0v) is 17.1. The number of nitrogens with one attached hydrogen (secondary N) is 1. The van der Waals surface area contributed by atoms with Gasteiger partial charge >= 0.3 is 12.5 Å². The van der Waals surface area contributed by atoms with E-state index in [2.05, 4.69) is 14.7 Å². The molecule has 0 bridgehead atoms. The molecule has 162 valence electrons. The molecule has 2 aromatic carbocycles. The highest BCUT2D eigenvalue weighted by Gasteiger charge is 2.44. The van der Waals surface area contributed by atoms with E-state index in [1.807, 2.05) is 25.1 Å². The molecule has 30 heavy (non-hydrogen) atoms. The molecule has 1 unspecified atom stereocenters. The van der Waals surface area contributed by atoms with Crippen LogP contribution in [0.5, 0.6) is 11.5 Å². The van der Waals surface area contributed by atoms with Crippen molar-refractivity contribution in [1.29, 1.82) is 0 Å². The van der Waals surface area contributed by atoms with Gasteiger partial charge < -0.3 is 19.4 Å². The molecule has 0 aliphatic carbocycles. The largest absolute Gasteiger partial charge is 0.497 e. The summed E-state index contributed by atoms with van der Waals surface area (Å²) in [5.74, 6) is 0.341. The molecule has 11 heteroatoms. The fourth-order valence-corrected chi connectivity index (χ4v) is 3.84. The molecule has 6 nitrogen and oxygen atoms in total. The number of hydrogen-bond donors (Lipinski definition) is 1. The zero-order valence-electron chi connectivity index (χ0n) is 16.3. The molecule has 1 atom stereocenters. The van der Waals surface area contributed by atoms with Crippen molar-refractivity contribution in [2.24, 2.45) is 0 Å². The van der Waals surface area contributed by atoms with Crippen molar-refractivity contribution in [2.75, 3.05) is 26.1 Å². The summed E-state index contributed by atoms with van der Waals surface area (Å²) in [4.78, 5) is 8.85. The van der Waals surface area contributed by atoms with Crippen LogP contribution >= 0.6 is 0 Å². The number of H-pyrrole nitrogens is 1. The number of methoxy groups -OCH3 is 1. The molecule has 0 amide bonds. The van der Waals surface area contributed by atoms with Crippen LogP contribution in [0, 0.1) is 0 Å². The highest BCUT2D eigenvalue weighted by Crippen LogP contribution is 2.30. The Morgan fingerprint density at radius 3 is 2.50 bits per heavy atom. The van der Waals surface area contributed by atoms with Crippen LogP contribution in [0.25, 0.3) is 11.0 Å². The fraction of sp³-hybridized carbons (Fsp3) is 0.316. The van der Waals surface area contributed by atoms with Crippen LogP contribution < -0.4 is 14.4 Å². The summed E-state index contributed by atoms with van der Waals surface area (Å²) < 4.78 is 73.0. The van der Waals surface area contributed by atoms with E-state index in [1.54, 1.807) is 19.2 Å². The normalized spacial score (nSPS) is 12.9. The van der Waals surface area contributed by atoms with Gasteiger partial charge in [0.05, 0.1) is 34.7 Å². The lowest BCUT2D eigenvalue weighted by atomic mass is 10.2. The molecule has 0 aliphatic rings. The Balaban J connectivity index is 1.84. The maximum Gasteiger partial charge on any atom is 0.461 e. The summed E-state index contributed by atoms with van der Waals surface area (Å²) in [7, 11) is 3.67. The number of anilines is 1. The van der Waals surface area contributed by atoms with Crippen LogP contribution in [-0.2, 0) is 16.6 Å². The molecule has 1 N–H and O–H groups in total. The number of imidazole rings is 1. The van der Waals surface area contributed by atoms with Gasteiger partial charge in [0.2, 0.25) is 0 Å². The van der Waals surface area contributed by atoms with Gasteiger partial charge in [-0.05, 0) is 23.8 Å². The first kappa shape index (κ1) is 21.9. The summed E-state index contributed by atoms with van der Waals surface area (Å²) in [5, 5.41) is 0.128. The topological polar surface area (TPSA) is 67.5 Å². The maximum atomic E-state index is 13.1. The van der Waals surface area contributed by atoms with Crippen LogP contribution in [0.3, 0.4) is 0 Å². The SMILES string of the molecule is COc1ccc(CS(=O)c2nc3ccc(OC(F)(F)C(F)F)cc3[nH]2)c(N(C)C)c1. The van der Waals surface area contributed by atoms with Crippen LogP contribution in [0.1, 0.15) is 5.56 Å². The minimum absolute atomic E-state index is 0.128. The summed E-state index contributed by atoms with van der Waals surface area (Å²) in [6.07, 6.45) is -8.58. The van der Waals surface area contributed by atoms with E-state index in [0.29, 0.717) is 11.3 Å². The molecule has 3 aromatic rings. The summed E-state index contributed by atoms with van der Waals surface area (Å²) in [5.41, 5.74) is 2.20. The van der Waals surface area contributed by atoms with Crippen LogP contribution in [0.2, 0.25) is 0 Å². The molecular weight excluding hydrogens is 426 g/mol. The van der Waals surface area contributed by atoms with E-state index in [0.717, 1.165) is 23.4 Å². The number of rotatable bonds is 8. The molecule has 0 aliphatic heterocycles. The molecule has 0 saturated carbocycles. The highest BCUT2D eigenvalue weighted by atomic mass is 32.2. The first-order valence-electron chi connectivity index (χ1n) is 8.68. The molecular formula is C19H19F4N3O3S. The summed E-state index contributed by atoms with van der Waals surface area (Å²) in [6, 6.07) is 8.90. The second kappa shape index (κ2) is 8.50. The lowest BCUT2D eigenvalue weighted by Gasteiger charge is -2.18. The Morgan fingerprint density at radius 1 is 1.17 bits per heavy atom.